The van der Waals surface area contributed by atoms with Crippen LogP contribution in [0.2, 0.25) is 0 Å². The third-order valence-electron chi connectivity index (χ3n) is 1.49. The van der Waals surface area contributed by atoms with Gasteiger partial charge in [0.05, 0.1) is 0 Å². The van der Waals surface area contributed by atoms with Crippen LogP contribution in [0.3, 0.4) is 0 Å². The molecule has 1 amide bonds. The van der Waals surface area contributed by atoms with Crippen molar-refractivity contribution in [2.45, 2.75) is 6.92 Å². The van der Waals surface area contributed by atoms with Crippen molar-refractivity contribution in [3.63, 3.8) is 0 Å². The smallest absolute Gasteiger partial charge is 0.221 e. The molecule has 0 aliphatic carbocycles. The van der Waals surface area contributed by atoms with Crippen molar-refractivity contribution < 1.29 is 4.79 Å². The van der Waals surface area contributed by atoms with Crippen molar-refractivity contribution in [2.75, 3.05) is 5.32 Å². The molecule has 0 radical (unpaired) electrons. The van der Waals surface area contributed by atoms with Crippen LogP contribution in [0.15, 0.2) is 29.3 Å². The molecule has 0 spiro atoms. The summed E-state index contributed by atoms with van der Waals surface area (Å²) in [7, 11) is 0. The fourth-order valence-electron chi connectivity index (χ4n) is 0.954. The van der Waals surface area contributed by atoms with Gasteiger partial charge in [0.2, 0.25) is 5.91 Å². The van der Waals surface area contributed by atoms with Crippen molar-refractivity contribution in [1.29, 1.82) is 0 Å². The molecule has 0 saturated carbocycles. The van der Waals surface area contributed by atoms with Crippen LogP contribution >= 0.6 is 15.9 Å². The molecule has 0 aliphatic heterocycles. The second kappa shape index (κ2) is 4.82. The van der Waals surface area contributed by atoms with Crippen LogP contribution in [-0.2, 0) is 4.79 Å². The minimum Gasteiger partial charge on any atom is -0.326 e. The van der Waals surface area contributed by atoms with E-state index in [9.17, 15) is 4.79 Å². The summed E-state index contributed by atoms with van der Waals surface area (Å²) >= 11 is 3.19. The second-order valence-electron chi connectivity index (χ2n) is 2.60. The molecule has 0 fully saturated rings. The Kier molecular flexibility index (Phi) is 3.71. The van der Waals surface area contributed by atoms with E-state index in [0.29, 0.717) is 0 Å². The van der Waals surface area contributed by atoms with Crippen LogP contribution in [-0.4, -0.2) is 5.91 Å². The lowest BCUT2D eigenvalue weighted by Gasteiger charge is -2.01. The molecule has 13 heavy (non-hydrogen) atoms. The number of rotatable bonds is 2. The molecule has 68 valence electrons. The lowest BCUT2D eigenvalue weighted by atomic mass is 10.2. The van der Waals surface area contributed by atoms with Gasteiger partial charge >= 0.3 is 0 Å². The Hall–Kier alpha value is -1.09. The molecular weight excluding hydrogens is 230 g/mol. The average Bonchev–Trinajstić information content (AvgIpc) is 2.08. The lowest BCUT2D eigenvalue weighted by Crippen LogP contribution is -2.05. The number of carbonyl (C=O) groups is 1. The molecule has 0 saturated heterocycles. The molecule has 1 N–H and O–H groups in total. The normalized spacial score (nSPS) is 10.3. The van der Waals surface area contributed by atoms with E-state index < -0.39 is 0 Å². The molecule has 0 aliphatic rings. The Balaban J connectivity index is 2.75. The summed E-state index contributed by atoms with van der Waals surface area (Å²) in [6.07, 6.45) is 1.93. The zero-order valence-corrected chi connectivity index (χ0v) is 8.84. The van der Waals surface area contributed by atoms with Gasteiger partial charge in [0.15, 0.2) is 0 Å². The van der Waals surface area contributed by atoms with Crippen molar-refractivity contribution in [2.24, 2.45) is 0 Å². The standard InChI is InChI=1S/C10H10BrNO/c1-8(13)12-10-4-2-9(3-5-10)6-7-11/h2-7H,1H3,(H,12,13)/b7-6+. The van der Waals surface area contributed by atoms with E-state index in [1.807, 2.05) is 30.3 Å². The van der Waals surface area contributed by atoms with Crippen molar-refractivity contribution >= 4 is 33.6 Å². The quantitative estimate of drug-likeness (QED) is 0.845. The van der Waals surface area contributed by atoms with Crippen LogP contribution in [0.1, 0.15) is 12.5 Å². The Morgan fingerprint density at radius 1 is 1.38 bits per heavy atom. The van der Waals surface area contributed by atoms with Gasteiger partial charge < -0.3 is 5.32 Å². The number of benzene rings is 1. The maximum Gasteiger partial charge on any atom is 0.221 e. The third kappa shape index (κ3) is 3.42. The highest BCUT2D eigenvalue weighted by molar-refractivity contribution is 9.11. The highest BCUT2D eigenvalue weighted by atomic mass is 79.9. The van der Waals surface area contributed by atoms with E-state index in [1.165, 1.54) is 6.92 Å². The minimum absolute atomic E-state index is 0.0521. The number of hydrogen-bond donors (Lipinski definition) is 1. The Morgan fingerprint density at radius 3 is 2.46 bits per heavy atom. The molecule has 0 bridgehead atoms. The highest BCUT2D eigenvalue weighted by Crippen LogP contribution is 2.10. The summed E-state index contributed by atoms with van der Waals surface area (Å²) < 4.78 is 0. The molecule has 2 nitrogen and oxygen atoms in total. The van der Waals surface area contributed by atoms with Gasteiger partial charge in [0.1, 0.15) is 0 Å². The maximum atomic E-state index is 10.7. The number of anilines is 1. The first-order chi connectivity index (χ1) is 6.22. The Bertz CT molecular complexity index is 316. The van der Waals surface area contributed by atoms with Crippen LogP contribution in [0.25, 0.3) is 6.08 Å². The number of nitrogens with one attached hydrogen (secondary N) is 1. The lowest BCUT2D eigenvalue weighted by molar-refractivity contribution is -0.114. The molecule has 0 atom stereocenters. The molecule has 0 unspecified atom stereocenters. The largest absolute Gasteiger partial charge is 0.326 e. The average molecular weight is 240 g/mol. The summed E-state index contributed by atoms with van der Waals surface area (Å²) in [5, 5.41) is 2.70. The first kappa shape index (κ1) is 9.99. The van der Waals surface area contributed by atoms with Gasteiger partial charge in [-0.2, -0.15) is 0 Å². The van der Waals surface area contributed by atoms with Gasteiger partial charge in [-0.25, -0.2) is 0 Å². The summed E-state index contributed by atoms with van der Waals surface area (Å²) in [6, 6.07) is 7.60. The second-order valence-corrected chi connectivity index (χ2v) is 3.12. The zero-order valence-electron chi connectivity index (χ0n) is 7.25. The molecule has 3 heteroatoms. The van der Waals surface area contributed by atoms with Gasteiger partial charge in [0.25, 0.3) is 0 Å². The number of halogens is 1. The van der Waals surface area contributed by atoms with Crippen LogP contribution < -0.4 is 5.32 Å². The fraction of sp³-hybridized carbons (Fsp3) is 0.100. The van der Waals surface area contributed by atoms with Crippen molar-refractivity contribution in [1.82, 2.24) is 0 Å². The fourth-order valence-corrected chi connectivity index (χ4v) is 1.26. The minimum atomic E-state index is -0.0521. The van der Waals surface area contributed by atoms with Crippen LogP contribution in [0.5, 0.6) is 0 Å². The molecular formula is C10H10BrNO. The van der Waals surface area contributed by atoms with Gasteiger partial charge in [-0.15, -0.1) is 0 Å². The Morgan fingerprint density at radius 2 is 2.00 bits per heavy atom. The van der Waals surface area contributed by atoms with E-state index in [0.717, 1.165) is 11.3 Å². The molecule has 1 aromatic rings. The summed E-state index contributed by atoms with van der Waals surface area (Å²) in [6.45, 7) is 1.49. The maximum absolute atomic E-state index is 10.7. The molecule has 0 aromatic heterocycles. The molecule has 1 aromatic carbocycles. The number of amides is 1. The van der Waals surface area contributed by atoms with Crippen molar-refractivity contribution in [3.8, 4) is 0 Å². The van der Waals surface area contributed by atoms with E-state index in [1.54, 1.807) is 4.99 Å². The Labute approximate surface area is 85.8 Å². The molecule has 1 rings (SSSR count). The predicted molar refractivity (Wildman–Crippen MR) is 58.7 cm³/mol. The molecule has 0 heterocycles. The summed E-state index contributed by atoms with van der Waals surface area (Å²) in [5.41, 5.74) is 1.91. The van der Waals surface area contributed by atoms with Gasteiger partial charge in [-0.1, -0.05) is 28.1 Å². The summed E-state index contributed by atoms with van der Waals surface area (Å²) in [4.78, 5) is 12.5. The SMILES string of the molecule is CC(=O)Nc1ccc(/C=C/Br)cc1. The number of hydrogen-bond acceptors (Lipinski definition) is 1. The topological polar surface area (TPSA) is 29.1 Å². The highest BCUT2D eigenvalue weighted by Gasteiger charge is 1.93. The predicted octanol–water partition coefficient (Wildman–Crippen LogP) is 3.01. The summed E-state index contributed by atoms with van der Waals surface area (Å²) in [5.74, 6) is -0.0521. The van der Waals surface area contributed by atoms with Crippen molar-refractivity contribution in [3.05, 3.63) is 34.8 Å². The van der Waals surface area contributed by atoms with Gasteiger partial charge in [-0.05, 0) is 28.8 Å². The van der Waals surface area contributed by atoms with E-state index >= 15 is 0 Å². The monoisotopic (exact) mass is 239 g/mol. The van der Waals surface area contributed by atoms with E-state index in [-0.39, 0.29) is 5.91 Å². The first-order valence-corrected chi connectivity index (χ1v) is 4.78. The zero-order chi connectivity index (χ0) is 9.68. The van der Waals surface area contributed by atoms with Crippen LogP contribution in [0.4, 0.5) is 5.69 Å². The van der Waals surface area contributed by atoms with Gasteiger partial charge in [0, 0.05) is 12.6 Å². The van der Waals surface area contributed by atoms with Crippen LogP contribution in [0, 0.1) is 0 Å². The third-order valence-corrected chi connectivity index (χ3v) is 1.75. The van der Waals surface area contributed by atoms with E-state index in [4.69, 9.17) is 0 Å². The number of carbonyl (C=O) groups excluding carboxylic acids is 1. The van der Waals surface area contributed by atoms with E-state index in [2.05, 4.69) is 21.2 Å². The first-order valence-electron chi connectivity index (χ1n) is 3.87. The van der Waals surface area contributed by atoms with Gasteiger partial charge in [-0.3, -0.25) is 4.79 Å².